The Morgan fingerprint density at radius 3 is 2.38 bits per heavy atom. The summed E-state index contributed by atoms with van der Waals surface area (Å²) in [5, 5.41) is 2.94. The monoisotopic (exact) mass is 375 g/mol. The highest BCUT2D eigenvalue weighted by molar-refractivity contribution is 5.94. The molecule has 1 amide bonds. The second-order valence-corrected chi connectivity index (χ2v) is 6.28. The second kappa shape index (κ2) is 11.7. The maximum atomic E-state index is 12.1. The molecule has 0 spiro atoms. The first-order valence-electron chi connectivity index (χ1n) is 8.49. The van der Waals surface area contributed by atoms with Crippen LogP contribution in [-0.4, -0.2) is 36.5 Å². The zero-order valence-electron chi connectivity index (χ0n) is 14.7. The van der Waals surface area contributed by atoms with Gasteiger partial charge in [0.15, 0.2) is 0 Å². The van der Waals surface area contributed by atoms with Crippen LogP contribution >= 0.6 is 24.8 Å². The minimum Gasteiger partial charge on any atom is -0.350 e. The van der Waals surface area contributed by atoms with Gasteiger partial charge in [0.25, 0.3) is 5.91 Å². The first kappa shape index (κ1) is 23.2. The lowest BCUT2D eigenvalue weighted by Gasteiger charge is -2.19. The van der Waals surface area contributed by atoms with E-state index in [2.05, 4.69) is 24.1 Å². The average Bonchev–Trinajstić information content (AvgIpc) is 3.37. The molecule has 0 aromatic heterocycles. The molecule has 1 atom stereocenters. The van der Waals surface area contributed by atoms with E-state index in [1.807, 2.05) is 24.3 Å². The van der Waals surface area contributed by atoms with Gasteiger partial charge in [0.05, 0.1) is 0 Å². The Hall–Kier alpha value is -0.810. The summed E-state index contributed by atoms with van der Waals surface area (Å²) in [4.78, 5) is 14.5. The van der Waals surface area contributed by atoms with Crippen LogP contribution < -0.4 is 11.1 Å². The number of benzene rings is 1. The van der Waals surface area contributed by atoms with Gasteiger partial charge in [-0.25, -0.2) is 0 Å². The summed E-state index contributed by atoms with van der Waals surface area (Å²) < 4.78 is 0. The lowest BCUT2D eigenvalue weighted by Crippen LogP contribution is -2.38. The molecule has 4 nitrogen and oxygen atoms in total. The molecule has 6 heteroatoms. The van der Waals surface area contributed by atoms with Gasteiger partial charge >= 0.3 is 0 Å². The van der Waals surface area contributed by atoms with E-state index in [9.17, 15) is 4.79 Å². The molecular weight excluding hydrogens is 345 g/mol. The van der Waals surface area contributed by atoms with Gasteiger partial charge in [-0.3, -0.25) is 9.69 Å². The summed E-state index contributed by atoms with van der Waals surface area (Å²) in [6, 6.07) is 8.03. The number of carbonyl (C=O) groups is 1. The summed E-state index contributed by atoms with van der Waals surface area (Å²) in [6.07, 6.45) is 3.57. The van der Waals surface area contributed by atoms with Gasteiger partial charge in [-0.1, -0.05) is 26.0 Å². The molecule has 2 rings (SSSR count). The molecule has 1 aromatic carbocycles. The number of carbonyl (C=O) groups excluding carboxylic acids is 1. The molecule has 1 aromatic rings. The van der Waals surface area contributed by atoms with E-state index in [-0.39, 0.29) is 36.8 Å². The van der Waals surface area contributed by atoms with Crippen molar-refractivity contribution in [2.24, 2.45) is 11.7 Å². The fraction of sp³-hybridized carbons (Fsp3) is 0.611. The lowest BCUT2D eigenvalue weighted by atomic mass is 10.1. The third-order valence-electron chi connectivity index (χ3n) is 4.34. The molecule has 1 aliphatic carbocycles. The number of nitrogens with zero attached hydrogens (tertiary/aromatic N) is 1. The SMILES string of the molecule is CCCN(CC)Cc1ccc(C(=O)NCC(N)C2CC2)cc1.Cl.Cl. The van der Waals surface area contributed by atoms with Gasteiger partial charge in [-0.15, -0.1) is 24.8 Å². The van der Waals surface area contributed by atoms with Crippen molar-refractivity contribution in [1.82, 2.24) is 10.2 Å². The van der Waals surface area contributed by atoms with Crippen LogP contribution in [-0.2, 0) is 6.54 Å². The topological polar surface area (TPSA) is 58.4 Å². The van der Waals surface area contributed by atoms with Crippen LogP contribution in [0.3, 0.4) is 0 Å². The van der Waals surface area contributed by atoms with Crippen molar-refractivity contribution >= 4 is 30.7 Å². The second-order valence-electron chi connectivity index (χ2n) is 6.28. The van der Waals surface area contributed by atoms with Crippen LogP contribution in [0.15, 0.2) is 24.3 Å². The van der Waals surface area contributed by atoms with Gasteiger partial charge in [0.2, 0.25) is 0 Å². The van der Waals surface area contributed by atoms with Crippen molar-refractivity contribution in [3.63, 3.8) is 0 Å². The Morgan fingerprint density at radius 1 is 1.25 bits per heavy atom. The summed E-state index contributed by atoms with van der Waals surface area (Å²) >= 11 is 0. The van der Waals surface area contributed by atoms with Gasteiger partial charge in [-0.2, -0.15) is 0 Å². The van der Waals surface area contributed by atoms with Gasteiger partial charge in [-0.05, 0) is 56.0 Å². The Kier molecular flexibility index (Phi) is 11.3. The molecular formula is C18H31Cl2N3O. The molecule has 3 N–H and O–H groups in total. The zero-order chi connectivity index (χ0) is 15.9. The predicted octanol–water partition coefficient (Wildman–Crippen LogP) is 3.23. The Balaban J connectivity index is 0.00000264. The number of nitrogens with one attached hydrogen (secondary N) is 1. The van der Waals surface area contributed by atoms with Gasteiger partial charge in [0, 0.05) is 24.7 Å². The number of hydrogen-bond donors (Lipinski definition) is 2. The first-order valence-corrected chi connectivity index (χ1v) is 8.49. The fourth-order valence-electron chi connectivity index (χ4n) is 2.69. The maximum absolute atomic E-state index is 12.1. The van der Waals surface area contributed by atoms with Crippen molar-refractivity contribution in [2.45, 2.75) is 45.7 Å². The van der Waals surface area contributed by atoms with Crippen molar-refractivity contribution < 1.29 is 4.79 Å². The molecule has 0 saturated heterocycles. The predicted molar refractivity (Wildman–Crippen MR) is 105 cm³/mol. The van der Waals surface area contributed by atoms with E-state index in [4.69, 9.17) is 5.73 Å². The maximum Gasteiger partial charge on any atom is 0.251 e. The number of amides is 1. The first-order chi connectivity index (χ1) is 10.6. The Morgan fingerprint density at radius 2 is 1.88 bits per heavy atom. The summed E-state index contributed by atoms with van der Waals surface area (Å²) in [5.74, 6) is 0.588. The zero-order valence-corrected chi connectivity index (χ0v) is 16.3. The largest absolute Gasteiger partial charge is 0.350 e. The minimum absolute atomic E-state index is 0. The van der Waals surface area contributed by atoms with Crippen molar-refractivity contribution in [3.8, 4) is 0 Å². The highest BCUT2D eigenvalue weighted by Gasteiger charge is 2.28. The molecule has 24 heavy (non-hydrogen) atoms. The van der Waals surface area contributed by atoms with Crippen LogP contribution in [0.25, 0.3) is 0 Å². The van der Waals surface area contributed by atoms with E-state index >= 15 is 0 Å². The molecule has 0 heterocycles. The lowest BCUT2D eigenvalue weighted by molar-refractivity contribution is 0.0950. The van der Waals surface area contributed by atoms with Gasteiger partial charge < -0.3 is 11.1 Å². The Bertz CT molecular complexity index is 478. The molecule has 0 radical (unpaired) electrons. The van der Waals surface area contributed by atoms with E-state index in [0.29, 0.717) is 18.0 Å². The highest BCUT2D eigenvalue weighted by Crippen LogP contribution is 2.31. The average molecular weight is 376 g/mol. The number of rotatable bonds is 9. The third-order valence-corrected chi connectivity index (χ3v) is 4.34. The third kappa shape index (κ3) is 7.39. The summed E-state index contributed by atoms with van der Waals surface area (Å²) in [7, 11) is 0. The van der Waals surface area contributed by atoms with Crippen LogP contribution in [0, 0.1) is 5.92 Å². The normalized spacial score (nSPS) is 14.5. The van der Waals surface area contributed by atoms with Crippen molar-refractivity contribution in [2.75, 3.05) is 19.6 Å². The summed E-state index contributed by atoms with van der Waals surface area (Å²) in [5.41, 5.74) is 7.97. The quantitative estimate of drug-likeness (QED) is 0.696. The molecule has 138 valence electrons. The van der Waals surface area contributed by atoms with Crippen LogP contribution in [0.1, 0.15) is 49.0 Å². The molecule has 0 aliphatic heterocycles. The smallest absolute Gasteiger partial charge is 0.251 e. The molecule has 1 fully saturated rings. The number of hydrogen-bond acceptors (Lipinski definition) is 3. The van der Waals surface area contributed by atoms with Crippen LogP contribution in [0.2, 0.25) is 0 Å². The van der Waals surface area contributed by atoms with Crippen LogP contribution in [0.4, 0.5) is 0 Å². The van der Waals surface area contributed by atoms with Crippen molar-refractivity contribution in [1.29, 1.82) is 0 Å². The Labute approximate surface area is 158 Å². The molecule has 1 aliphatic rings. The number of nitrogens with two attached hydrogens (primary N) is 1. The number of halogens is 2. The van der Waals surface area contributed by atoms with E-state index in [1.165, 1.54) is 18.4 Å². The highest BCUT2D eigenvalue weighted by atomic mass is 35.5. The molecule has 0 bridgehead atoms. The van der Waals surface area contributed by atoms with E-state index in [1.54, 1.807) is 0 Å². The standard InChI is InChI=1S/C18H29N3O.2ClH/c1-3-11-21(4-2)13-14-5-7-16(8-6-14)18(22)20-12-17(19)15-9-10-15;;/h5-8,15,17H,3-4,9-13,19H2,1-2H3,(H,20,22);2*1H. The van der Waals surface area contributed by atoms with Crippen molar-refractivity contribution in [3.05, 3.63) is 35.4 Å². The summed E-state index contributed by atoms with van der Waals surface area (Å²) in [6.45, 7) is 8.06. The molecule has 1 saturated carbocycles. The van der Waals surface area contributed by atoms with E-state index < -0.39 is 0 Å². The van der Waals surface area contributed by atoms with E-state index in [0.717, 1.165) is 26.1 Å². The fourth-order valence-corrected chi connectivity index (χ4v) is 2.69. The molecule has 1 unspecified atom stereocenters. The van der Waals surface area contributed by atoms with Crippen LogP contribution in [0.5, 0.6) is 0 Å². The van der Waals surface area contributed by atoms with Gasteiger partial charge in [0.1, 0.15) is 0 Å². The minimum atomic E-state index is -0.0245.